The van der Waals surface area contributed by atoms with E-state index in [1.165, 1.54) is 0 Å². The quantitative estimate of drug-likeness (QED) is 0.236. The third-order valence-electron chi connectivity index (χ3n) is 0. The van der Waals surface area contributed by atoms with Gasteiger partial charge >= 0.3 is 96.9 Å². The summed E-state index contributed by atoms with van der Waals surface area (Å²) in [6, 6.07) is 0. The van der Waals surface area contributed by atoms with Gasteiger partial charge in [-0.2, -0.15) is 0 Å². The molecule has 0 rings (SSSR count). The van der Waals surface area contributed by atoms with Gasteiger partial charge in [0.15, 0.2) is 0 Å². The van der Waals surface area contributed by atoms with Crippen molar-refractivity contribution in [2.24, 2.45) is 0 Å². The minimum atomic E-state index is -2.51. The number of carbonyl (C=O) groups is 3. The van der Waals surface area contributed by atoms with Crippen molar-refractivity contribution < 1.29 is 142 Å². The monoisotopic (exact) mass is 1010 g/mol. The minimum absolute atomic E-state index is 0. The molecule has 0 aromatic heterocycles. The Balaban J connectivity index is -0.0000000245. The van der Waals surface area contributed by atoms with Crippen molar-refractivity contribution in [3.8, 4) is 0 Å². The van der Waals surface area contributed by atoms with E-state index in [1.54, 1.807) is 0 Å². The van der Waals surface area contributed by atoms with Gasteiger partial charge in [-0.05, 0) is 18.5 Å². The van der Waals surface area contributed by atoms with E-state index in [2.05, 4.69) is 0 Å². The van der Waals surface area contributed by atoms with Crippen LogP contribution in [-0.4, -0.2) is 18.5 Å². The third kappa shape index (κ3) is 92000. The van der Waals surface area contributed by atoms with Crippen LogP contribution in [0.5, 0.6) is 0 Å². The molecule has 0 aromatic rings. The molecule has 0 aromatic carbocycles. The Hall–Kier alpha value is -0.274. The molecule has 3 N–H and O–H groups in total. The normalized spacial score (nSPS) is 4.36. The summed E-state index contributed by atoms with van der Waals surface area (Å²) >= 11 is -7.52. The maximum atomic E-state index is 8.58. The van der Waals surface area contributed by atoms with E-state index in [0.717, 1.165) is 0 Å². The molecular formula is C3H3NO15U3. The molecule has 0 saturated heterocycles. The van der Waals surface area contributed by atoms with Gasteiger partial charge in [0, 0.05) is 0 Å². The second kappa shape index (κ2) is 58.7. The number of carbonyl (C=O) groups excluding carboxylic acids is 3. The molecule has 0 heterocycles. The summed E-state index contributed by atoms with van der Waals surface area (Å²) < 4.78 is 51.5. The molecule has 22 heavy (non-hydrogen) atoms. The van der Waals surface area contributed by atoms with Crippen molar-refractivity contribution in [2.75, 3.05) is 0 Å². The average Bonchev–Trinajstić information content (AvgIpc) is 2.16. The van der Waals surface area contributed by atoms with Gasteiger partial charge in [0.25, 0.3) is 0 Å². The molecule has 0 spiro atoms. The molecule has 16 nitrogen and oxygen atoms in total. The van der Waals surface area contributed by atoms with Crippen molar-refractivity contribution in [3.05, 3.63) is 0 Å². The van der Waals surface area contributed by atoms with Gasteiger partial charge < -0.3 is 51.2 Å². The van der Waals surface area contributed by atoms with E-state index in [-0.39, 0.29) is 6.15 Å². The van der Waals surface area contributed by atoms with E-state index < -0.39 is 102 Å². The predicted molar refractivity (Wildman–Crippen MR) is 25.3 cm³/mol. The first-order valence-electron chi connectivity index (χ1n) is 3.06. The summed E-state index contributed by atoms with van der Waals surface area (Å²) in [7, 11) is 0. The van der Waals surface area contributed by atoms with Crippen molar-refractivity contribution in [3.63, 3.8) is 0 Å². The van der Waals surface area contributed by atoms with Crippen LogP contribution in [0.25, 0.3) is 0 Å². The van der Waals surface area contributed by atoms with Crippen LogP contribution in [0.4, 0.5) is 14.4 Å². The van der Waals surface area contributed by atoms with Crippen molar-refractivity contribution in [1.29, 1.82) is 0 Å². The first kappa shape index (κ1) is 43.0. The fourth-order valence-electron chi connectivity index (χ4n) is 0. The third-order valence-corrected chi connectivity index (χ3v) is 0. The standard InChI is InChI=1S/3CH2O3.H3N.6O.3U/c3*2-1(3)4;;;;;;;;;;/h3*(H2,2,3,4);1H3;;;;;;;;;/q;;;;;;;;;;3*+2/p-6. The van der Waals surface area contributed by atoms with Crippen molar-refractivity contribution >= 4 is 18.5 Å². The molecule has 0 unspecified atom stereocenters. The average molecular weight is 1010 g/mol. The SMILES string of the molecule is N.O=C([O-])[O-].O=C([O-])[O-].O=C([O-])[O-].[O]=[U+2]=[O].[O]=[U+2]=[O].[O]=[U+2]=[O]. The summed E-state index contributed by atoms with van der Waals surface area (Å²) in [4.78, 5) is 25.0. The van der Waals surface area contributed by atoms with Crippen LogP contribution >= 0.6 is 0 Å². The first-order chi connectivity index (χ1) is 9.44. The van der Waals surface area contributed by atoms with Crippen molar-refractivity contribution in [1.82, 2.24) is 6.15 Å². The molecule has 0 aliphatic carbocycles. The first-order valence-corrected chi connectivity index (χ1v) is 13.3. The van der Waals surface area contributed by atoms with E-state index in [0.29, 0.717) is 0 Å². The topological polar surface area (TPSA) is 327 Å². The second-order valence-electron chi connectivity index (χ2n) is 1.00. The summed E-state index contributed by atoms with van der Waals surface area (Å²) in [6.45, 7) is 0. The fraction of sp³-hybridized carbons (Fsp3) is 0. The Kier molecular flexibility index (Phi) is 115. The van der Waals surface area contributed by atoms with Crippen LogP contribution in [0.3, 0.4) is 0 Å². The zero-order chi connectivity index (χ0) is 18.9. The van der Waals surface area contributed by atoms with Crippen molar-refractivity contribution in [2.45, 2.75) is 0 Å². The summed E-state index contributed by atoms with van der Waals surface area (Å²) in [5.74, 6) is 0. The Labute approximate surface area is 164 Å². The second-order valence-corrected chi connectivity index (χ2v) is 3.08. The van der Waals surface area contributed by atoms with Crippen LogP contribution in [-0.2, 0) is 13.4 Å². The van der Waals surface area contributed by atoms with Crippen LogP contribution in [0.15, 0.2) is 0 Å². The molecule has 0 aliphatic rings. The van der Waals surface area contributed by atoms with Gasteiger partial charge in [-0.1, -0.05) is 0 Å². The van der Waals surface area contributed by atoms with E-state index in [4.69, 9.17) is 58.4 Å². The van der Waals surface area contributed by atoms with Gasteiger partial charge in [-0.3, -0.25) is 0 Å². The Morgan fingerprint density at radius 2 is 0.455 bits per heavy atom. The molecule has 0 atom stereocenters. The van der Waals surface area contributed by atoms with E-state index in [9.17, 15) is 0 Å². The van der Waals surface area contributed by atoms with Crippen LogP contribution < -0.4 is 36.8 Å². The summed E-state index contributed by atoms with van der Waals surface area (Å²) in [6.07, 6.45) is -7.00. The Morgan fingerprint density at radius 1 is 0.455 bits per heavy atom. The summed E-state index contributed by atoms with van der Waals surface area (Å²) in [5, 5.41) is 50.0. The number of carboxylic acid groups (broad SMARTS) is 6. The van der Waals surface area contributed by atoms with Gasteiger partial charge in [-0.25, -0.2) is 0 Å². The predicted octanol–water partition coefficient (Wildman–Crippen LogP) is -7.89. The van der Waals surface area contributed by atoms with Gasteiger partial charge in [0.2, 0.25) is 0 Å². The fourth-order valence-corrected chi connectivity index (χ4v) is 0. The molecule has 0 bridgehead atoms. The molecule has 0 fully saturated rings. The molecule has 0 radical (unpaired) electrons. The molecule has 0 aliphatic heterocycles. The number of hydrogen-bond donors (Lipinski definition) is 1. The number of rotatable bonds is 0. The van der Waals surface area contributed by atoms with Crippen LogP contribution in [0.2, 0.25) is 0 Å². The van der Waals surface area contributed by atoms with E-state index >= 15 is 0 Å². The molecule has 122 valence electrons. The zero-order valence-electron chi connectivity index (χ0n) is 9.83. The van der Waals surface area contributed by atoms with Gasteiger partial charge in [0.1, 0.15) is 0 Å². The van der Waals surface area contributed by atoms with Gasteiger partial charge in [0.05, 0.1) is 0 Å². The zero-order valence-corrected chi connectivity index (χ0v) is 22.3. The number of hydrogen-bond acceptors (Lipinski definition) is 16. The molecule has 0 amide bonds. The molecular weight excluding hydrogens is 1000 g/mol. The molecule has 0 saturated carbocycles. The van der Waals surface area contributed by atoms with Gasteiger partial charge in [-0.15, -0.1) is 0 Å². The Morgan fingerprint density at radius 3 is 0.455 bits per heavy atom. The van der Waals surface area contributed by atoms with E-state index in [1.807, 2.05) is 0 Å². The van der Waals surface area contributed by atoms with Crippen LogP contribution in [0.1, 0.15) is 0 Å². The molecule has 19 heteroatoms. The maximum absolute atomic E-state index is 8.58. The Bertz CT molecular complexity index is 291. The van der Waals surface area contributed by atoms with Crippen LogP contribution in [0, 0.1) is 83.5 Å². The summed E-state index contributed by atoms with van der Waals surface area (Å²) in [5.41, 5.74) is 0.